The molecule has 1 aromatic rings. The van der Waals surface area contributed by atoms with Crippen molar-refractivity contribution < 1.29 is 29.3 Å². The van der Waals surface area contributed by atoms with Crippen LogP contribution < -0.4 is 5.32 Å². The summed E-state index contributed by atoms with van der Waals surface area (Å²) in [7, 11) is 1.38. The monoisotopic (exact) mass is 255 g/mol. The fraction of sp³-hybridized carbons (Fsp3) is 0.273. The van der Waals surface area contributed by atoms with Crippen LogP contribution in [0.15, 0.2) is 18.2 Å². The zero-order valence-electron chi connectivity index (χ0n) is 9.84. The summed E-state index contributed by atoms with van der Waals surface area (Å²) in [5.41, 5.74) is -0.0371. The molecule has 1 aromatic carbocycles. The number of carboxylic acids is 1. The second-order valence-electron chi connectivity index (χ2n) is 3.37. The highest BCUT2D eigenvalue weighted by molar-refractivity contribution is 5.92. The van der Waals surface area contributed by atoms with Gasteiger partial charge in [-0.3, -0.25) is 5.32 Å². The van der Waals surface area contributed by atoms with Gasteiger partial charge in [0.1, 0.15) is 11.3 Å². The molecule has 0 aromatic heterocycles. The number of carboxylic acid groups (broad SMARTS) is 1. The Morgan fingerprint density at radius 1 is 1.39 bits per heavy atom. The van der Waals surface area contributed by atoms with Crippen LogP contribution >= 0.6 is 0 Å². The predicted octanol–water partition coefficient (Wildman–Crippen LogP) is 1.63. The first-order valence-corrected chi connectivity index (χ1v) is 5.00. The normalized spacial score (nSPS) is 11.7. The van der Waals surface area contributed by atoms with Crippen molar-refractivity contribution in [1.29, 1.82) is 0 Å². The number of amides is 1. The summed E-state index contributed by atoms with van der Waals surface area (Å²) in [5, 5.41) is 20.4. The van der Waals surface area contributed by atoms with Crippen LogP contribution in [0.4, 0.5) is 10.5 Å². The quantitative estimate of drug-likeness (QED) is 0.706. The summed E-state index contributed by atoms with van der Waals surface area (Å²) < 4.78 is 9.47. The van der Waals surface area contributed by atoms with E-state index in [1.807, 2.05) is 0 Å². The van der Waals surface area contributed by atoms with Gasteiger partial charge in [0.2, 0.25) is 6.29 Å². The molecule has 0 aliphatic heterocycles. The maximum atomic E-state index is 11.3. The number of carbonyl (C=O) groups is 2. The zero-order chi connectivity index (χ0) is 13.7. The highest BCUT2D eigenvalue weighted by Gasteiger charge is 2.12. The van der Waals surface area contributed by atoms with E-state index in [0.29, 0.717) is 0 Å². The van der Waals surface area contributed by atoms with Gasteiger partial charge in [0, 0.05) is 18.9 Å². The first-order chi connectivity index (χ1) is 8.43. The Balaban J connectivity index is 2.72. The van der Waals surface area contributed by atoms with E-state index < -0.39 is 24.1 Å². The number of methoxy groups -OCH3 is 1. The minimum absolute atomic E-state index is 0.214. The van der Waals surface area contributed by atoms with Gasteiger partial charge in [-0.1, -0.05) is 0 Å². The van der Waals surface area contributed by atoms with E-state index in [1.54, 1.807) is 0 Å². The fourth-order valence-corrected chi connectivity index (χ4v) is 1.14. The molecular weight excluding hydrogens is 242 g/mol. The first-order valence-electron chi connectivity index (χ1n) is 5.00. The first kappa shape index (κ1) is 13.8. The van der Waals surface area contributed by atoms with Crippen LogP contribution in [0.5, 0.6) is 5.75 Å². The van der Waals surface area contributed by atoms with Gasteiger partial charge in [-0.2, -0.15) is 0 Å². The molecule has 0 bridgehead atoms. The smallest absolute Gasteiger partial charge is 0.413 e. The maximum absolute atomic E-state index is 11.3. The lowest BCUT2D eigenvalue weighted by atomic mass is 10.2. The Labute approximate surface area is 103 Å². The van der Waals surface area contributed by atoms with Gasteiger partial charge in [-0.25, -0.2) is 9.59 Å². The molecule has 0 fully saturated rings. The van der Waals surface area contributed by atoms with Gasteiger partial charge >= 0.3 is 12.1 Å². The van der Waals surface area contributed by atoms with Crippen LogP contribution in [0.2, 0.25) is 0 Å². The lowest BCUT2D eigenvalue weighted by molar-refractivity contribution is -0.0629. The second-order valence-corrected chi connectivity index (χ2v) is 3.37. The molecular formula is C11H13NO6. The Morgan fingerprint density at radius 3 is 2.56 bits per heavy atom. The number of benzene rings is 1. The summed E-state index contributed by atoms with van der Waals surface area (Å²) >= 11 is 0. The Bertz CT molecular complexity index is 459. The van der Waals surface area contributed by atoms with Crippen molar-refractivity contribution in [3.63, 3.8) is 0 Å². The summed E-state index contributed by atoms with van der Waals surface area (Å²) in [5.74, 6) is -1.70. The van der Waals surface area contributed by atoms with Crippen molar-refractivity contribution in [2.24, 2.45) is 0 Å². The molecule has 3 N–H and O–H groups in total. The summed E-state index contributed by atoms with van der Waals surface area (Å²) in [4.78, 5) is 22.0. The molecule has 1 atom stereocenters. The van der Waals surface area contributed by atoms with Gasteiger partial charge in [0.15, 0.2) is 0 Å². The number of hydrogen-bond donors (Lipinski definition) is 3. The predicted molar refractivity (Wildman–Crippen MR) is 61.6 cm³/mol. The van der Waals surface area contributed by atoms with Gasteiger partial charge < -0.3 is 19.7 Å². The Morgan fingerprint density at radius 2 is 2.06 bits per heavy atom. The number of aromatic carboxylic acids is 1. The van der Waals surface area contributed by atoms with E-state index >= 15 is 0 Å². The van der Waals surface area contributed by atoms with E-state index in [1.165, 1.54) is 26.2 Å². The molecule has 7 nitrogen and oxygen atoms in total. The second kappa shape index (κ2) is 5.87. The minimum Gasteiger partial charge on any atom is -0.507 e. The van der Waals surface area contributed by atoms with Crippen molar-refractivity contribution in [3.05, 3.63) is 23.8 Å². The summed E-state index contributed by atoms with van der Waals surface area (Å²) in [6, 6.07) is 3.62. The highest BCUT2D eigenvalue weighted by Crippen LogP contribution is 2.22. The number of rotatable bonds is 4. The van der Waals surface area contributed by atoms with Crippen molar-refractivity contribution >= 4 is 17.7 Å². The average molecular weight is 255 g/mol. The van der Waals surface area contributed by atoms with E-state index in [-0.39, 0.29) is 11.3 Å². The number of phenols is 1. The number of aromatic hydroxyl groups is 1. The van der Waals surface area contributed by atoms with Crippen molar-refractivity contribution in [1.82, 2.24) is 0 Å². The number of nitrogens with one attached hydrogen (secondary N) is 1. The van der Waals surface area contributed by atoms with Crippen LogP contribution in [0.1, 0.15) is 17.3 Å². The average Bonchev–Trinajstić information content (AvgIpc) is 2.28. The van der Waals surface area contributed by atoms with E-state index in [0.717, 1.165) is 6.07 Å². The number of hydrogen-bond acceptors (Lipinski definition) is 5. The summed E-state index contributed by atoms with van der Waals surface area (Å²) in [6.45, 7) is 1.53. The molecule has 7 heteroatoms. The van der Waals surface area contributed by atoms with Crippen LogP contribution in [-0.2, 0) is 9.47 Å². The lowest BCUT2D eigenvalue weighted by Crippen LogP contribution is -2.21. The molecule has 0 radical (unpaired) electrons. The number of carbonyl (C=O) groups excluding carboxylic acids is 1. The number of anilines is 1. The standard InChI is InChI=1S/C11H13NO6/c1-6(17-2)18-11(16)12-7-3-4-8(10(14)15)9(13)5-7/h3-6,13H,1-2H3,(H,12,16)(H,14,15). The minimum atomic E-state index is -1.25. The Hall–Kier alpha value is -2.28. The van der Waals surface area contributed by atoms with Gasteiger partial charge in [-0.05, 0) is 19.1 Å². The lowest BCUT2D eigenvalue weighted by Gasteiger charge is -2.12. The van der Waals surface area contributed by atoms with Crippen LogP contribution in [0, 0.1) is 0 Å². The van der Waals surface area contributed by atoms with E-state index in [2.05, 4.69) is 5.32 Å². The fourth-order valence-electron chi connectivity index (χ4n) is 1.14. The topological polar surface area (TPSA) is 105 Å². The molecule has 0 heterocycles. The third kappa shape index (κ3) is 3.63. The molecule has 1 rings (SSSR count). The van der Waals surface area contributed by atoms with E-state index in [4.69, 9.17) is 14.6 Å². The molecule has 0 saturated carbocycles. The maximum Gasteiger partial charge on any atom is 0.413 e. The molecule has 1 unspecified atom stereocenters. The molecule has 0 aliphatic carbocycles. The van der Waals surface area contributed by atoms with Crippen molar-refractivity contribution in [3.8, 4) is 5.75 Å². The molecule has 98 valence electrons. The third-order valence-corrected chi connectivity index (χ3v) is 2.08. The largest absolute Gasteiger partial charge is 0.507 e. The van der Waals surface area contributed by atoms with Gasteiger partial charge in [-0.15, -0.1) is 0 Å². The third-order valence-electron chi connectivity index (χ3n) is 2.08. The summed E-state index contributed by atoms with van der Waals surface area (Å²) in [6.07, 6.45) is -1.48. The highest BCUT2D eigenvalue weighted by atomic mass is 16.7. The molecule has 18 heavy (non-hydrogen) atoms. The van der Waals surface area contributed by atoms with Crippen molar-refractivity contribution in [2.75, 3.05) is 12.4 Å². The van der Waals surface area contributed by atoms with E-state index in [9.17, 15) is 14.7 Å². The van der Waals surface area contributed by atoms with Gasteiger partial charge in [0.05, 0.1) is 0 Å². The van der Waals surface area contributed by atoms with Crippen LogP contribution in [0.25, 0.3) is 0 Å². The van der Waals surface area contributed by atoms with Gasteiger partial charge in [0.25, 0.3) is 0 Å². The molecule has 0 spiro atoms. The van der Waals surface area contributed by atoms with Crippen molar-refractivity contribution in [2.45, 2.75) is 13.2 Å². The Kier molecular flexibility index (Phi) is 4.50. The molecule has 0 aliphatic rings. The molecule has 0 saturated heterocycles. The number of ether oxygens (including phenoxy) is 2. The SMILES string of the molecule is COC(C)OC(=O)Nc1ccc(C(=O)O)c(O)c1. The molecule has 1 amide bonds. The van der Waals surface area contributed by atoms with Crippen LogP contribution in [0.3, 0.4) is 0 Å². The van der Waals surface area contributed by atoms with Crippen LogP contribution in [-0.4, -0.2) is 35.7 Å². The zero-order valence-corrected chi connectivity index (χ0v) is 9.84.